The number of hydrogen-bond donors (Lipinski definition) is 0. The third-order valence-corrected chi connectivity index (χ3v) is 5.53. The van der Waals surface area contributed by atoms with Gasteiger partial charge in [0.05, 0.1) is 6.04 Å². The third kappa shape index (κ3) is 3.83. The van der Waals surface area contributed by atoms with Gasteiger partial charge in [-0.3, -0.25) is 9.69 Å². The number of nitrogens with zero attached hydrogens (tertiary/aromatic N) is 5. The van der Waals surface area contributed by atoms with Crippen molar-refractivity contribution in [1.82, 2.24) is 19.2 Å². The van der Waals surface area contributed by atoms with Crippen LogP contribution in [0.3, 0.4) is 0 Å². The smallest absolute Gasteiger partial charge is 0.240 e. The van der Waals surface area contributed by atoms with E-state index in [1.807, 2.05) is 4.90 Å². The van der Waals surface area contributed by atoms with Crippen LogP contribution in [0.25, 0.3) is 0 Å². The van der Waals surface area contributed by atoms with Gasteiger partial charge in [0.1, 0.15) is 5.82 Å². The average molecular weight is 337 g/mol. The molecule has 2 aliphatic heterocycles. The number of likely N-dealkylation sites (tertiary alicyclic amines) is 1. The van der Waals surface area contributed by atoms with Gasteiger partial charge in [0.25, 0.3) is 0 Å². The van der Waals surface area contributed by atoms with E-state index in [-0.39, 0.29) is 6.04 Å². The molecule has 23 heavy (non-hydrogen) atoms. The fourth-order valence-electron chi connectivity index (χ4n) is 3.37. The van der Waals surface area contributed by atoms with Crippen molar-refractivity contribution in [3.8, 4) is 0 Å². The summed E-state index contributed by atoms with van der Waals surface area (Å²) < 4.78 is 4.46. The summed E-state index contributed by atoms with van der Waals surface area (Å²) >= 11 is 1.49. The van der Waals surface area contributed by atoms with E-state index in [2.05, 4.69) is 40.1 Å². The van der Waals surface area contributed by atoms with Gasteiger partial charge in [-0.05, 0) is 32.4 Å². The molecule has 2 fully saturated rings. The molecule has 2 aliphatic rings. The number of hydrogen-bond acceptors (Lipinski definition) is 6. The zero-order valence-corrected chi connectivity index (χ0v) is 15.2. The van der Waals surface area contributed by atoms with Gasteiger partial charge in [-0.1, -0.05) is 13.8 Å². The van der Waals surface area contributed by atoms with Crippen LogP contribution in [0.5, 0.6) is 0 Å². The molecule has 1 aromatic rings. The van der Waals surface area contributed by atoms with E-state index in [1.54, 1.807) is 0 Å². The SMILES string of the molecule is CC(C)Cc1nsc(N2CCN(C(=O)C3CCCN3C)CC2)n1. The molecule has 1 unspecified atom stereocenters. The fraction of sp³-hybridized carbons (Fsp3) is 0.812. The predicted molar refractivity (Wildman–Crippen MR) is 92.9 cm³/mol. The molecule has 6 nitrogen and oxygen atoms in total. The second kappa shape index (κ2) is 7.13. The minimum atomic E-state index is 0.0979. The normalized spacial score (nSPS) is 23.0. The van der Waals surface area contributed by atoms with E-state index in [9.17, 15) is 4.79 Å². The minimum Gasteiger partial charge on any atom is -0.343 e. The first-order chi connectivity index (χ1) is 11.0. The summed E-state index contributed by atoms with van der Waals surface area (Å²) in [7, 11) is 2.06. The summed E-state index contributed by atoms with van der Waals surface area (Å²) in [4.78, 5) is 23.8. The molecular formula is C16H27N5OS. The Labute approximate surface area is 142 Å². The summed E-state index contributed by atoms with van der Waals surface area (Å²) in [6.45, 7) is 8.72. The number of rotatable bonds is 4. The van der Waals surface area contributed by atoms with Crippen molar-refractivity contribution >= 4 is 22.6 Å². The monoisotopic (exact) mass is 337 g/mol. The molecule has 0 saturated carbocycles. The summed E-state index contributed by atoms with van der Waals surface area (Å²) in [5.41, 5.74) is 0. The zero-order chi connectivity index (χ0) is 16.4. The van der Waals surface area contributed by atoms with E-state index in [4.69, 9.17) is 0 Å². The van der Waals surface area contributed by atoms with Gasteiger partial charge in [-0.15, -0.1) is 0 Å². The standard InChI is InChI=1S/C16H27N5OS/c1-12(2)11-14-17-16(23-18-14)21-9-7-20(8-10-21)15(22)13-5-4-6-19(13)3/h12-13H,4-11H2,1-3H3. The zero-order valence-electron chi connectivity index (χ0n) is 14.4. The van der Waals surface area contributed by atoms with Crippen LogP contribution in [0.4, 0.5) is 5.13 Å². The molecule has 7 heteroatoms. The summed E-state index contributed by atoms with van der Waals surface area (Å²) in [5.74, 6) is 1.84. The van der Waals surface area contributed by atoms with Crippen LogP contribution in [0.1, 0.15) is 32.5 Å². The number of likely N-dealkylation sites (N-methyl/N-ethyl adjacent to an activating group) is 1. The van der Waals surface area contributed by atoms with Crippen LogP contribution in [-0.2, 0) is 11.2 Å². The molecule has 0 spiro atoms. The molecule has 0 N–H and O–H groups in total. The summed E-state index contributed by atoms with van der Waals surface area (Å²) in [6.07, 6.45) is 3.07. The lowest BCUT2D eigenvalue weighted by molar-refractivity contribution is -0.135. The Bertz CT molecular complexity index is 538. The predicted octanol–water partition coefficient (Wildman–Crippen LogP) is 1.48. The Morgan fingerprint density at radius 3 is 2.61 bits per heavy atom. The summed E-state index contributed by atoms with van der Waals surface area (Å²) in [6, 6.07) is 0.0979. The third-order valence-electron chi connectivity index (χ3n) is 4.72. The van der Waals surface area contributed by atoms with E-state index >= 15 is 0 Å². The highest BCUT2D eigenvalue weighted by molar-refractivity contribution is 7.09. The second-order valence-electron chi connectivity index (χ2n) is 7.04. The van der Waals surface area contributed by atoms with E-state index < -0.39 is 0 Å². The topological polar surface area (TPSA) is 52.6 Å². The molecule has 0 radical (unpaired) electrons. The van der Waals surface area contributed by atoms with E-state index in [0.717, 1.165) is 62.9 Å². The van der Waals surface area contributed by atoms with Crippen LogP contribution in [-0.4, -0.2) is 70.9 Å². The quantitative estimate of drug-likeness (QED) is 0.833. The highest BCUT2D eigenvalue weighted by Crippen LogP contribution is 2.22. The molecule has 3 heterocycles. The highest BCUT2D eigenvalue weighted by atomic mass is 32.1. The molecule has 0 aromatic carbocycles. The van der Waals surface area contributed by atoms with Crippen molar-refractivity contribution in [3.05, 3.63) is 5.82 Å². The molecule has 0 aliphatic carbocycles. The first kappa shape index (κ1) is 16.6. The number of piperazine rings is 1. The maximum absolute atomic E-state index is 12.6. The maximum atomic E-state index is 12.6. The Morgan fingerprint density at radius 2 is 2.00 bits per heavy atom. The Hall–Kier alpha value is -1.21. The van der Waals surface area contributed by atoms with Gasteiger partial charge in [0.2, 0.25) is 11.0 Å². The molecule has 3 rings (SSSR count). The molecule has 1 atom stereocenters. The van der Waals surface area contributed by atoms with Crippen LogP contribution in [0, 0.1) is 5.92 Å². The van der Waals surface area contributed by atoms with Gasteiger partial charge < -0.3 is 9.80 Å². The van der Waals surface area contributed by atoms with Gasteiger partial charge >= 0.3 is 0 Å². The maximum Gasteiger partial charge on any atom is 0.240 e. The van der Waals surface area contributed by atoms with Crippen LogP contribution in [0.15, 0.2) is 0 Å². The van der Waals surface area contributed by atoms with Gasteiger partial charge in [0, 0.05) is 44.1 Å². The minimum absolute atomic E-state index is 0.0979. The van der Waals surface area contributed by atoms with Crippen molar-refractivity contribution in [2.45, 2.75) is 39.2 Å². The molecule has 1 aromatic heterocycles. The average Bonchev–Trinajstić information content (AvgIpc) is 3.15. The fourth-order valence-corrected chi connectivity index (χ4v) is 4.12. The Morgan fingerprint density at radius 1 is 1.26 bits per heavy atom. The molecule has 2 saturated heterocycles. The number of amides is 1. The van der Waals surface area contributed by atoms with Gasteiger partial charge in [0.15, 0.2) is 0 Å². The van der Waals surface area contributed by atoms with Crippen LogP contribution < -0.4 is 4.90 Å². The van der Waals surface area contributed by atoms with Crippen LogP contribution in [0.2, 0.25) is 0 Å². The van der Waals surface area contributed by atoms with Crippen molar-refractivity contribution in [3.63, 3.8) is 0 Å². The van der Waals surface area contributed by atoms with Crippen LogP contribution >= 0.6 is 11.5 Å². The first-order valence-electron chi connectivity index (χ1n) is 8.61. The molecular weight excluding hydrogens is 310 g/mol. The lowest BCUT2D eigenvalue weighted by Crippen LogP contribution is -2.53. The Kier molecular flexibility index (Phi) is 5.16. The number of aromatic nitrogens is 2. The lowest BCUT2D eigenvalue weighted by atomic mass is 10.1. The van der Waals surface area contributed by atoms with Gasteiger partial charge in [-0.2, -0.15) is 4.37 Å². The second-order valence-corrected chi connectivity index (χ2v) is 7.77. The number of carbonyl (C=O) groups is 1. The van der Waals surface area contributed by atoms with Crippen molar-refractivity contribution in [2.75, 3.05) is 44.7 Å². The van der Waals surface area contributed by atoms with Gasteiger partial charge in [-0.25, -0.2) is 4.98 Å². The number of carbonyl (C=O) groups excluding carboxylic acids is 1. The highest BCUT2D eigenvalue weighted by Gasteiger charge is 2.33. The lowest BCUT2D eigenvalue weighted by Gasteiger charge is -2.36. The number of anilines is 1. The molecule has 0 bridgehead atoms. The molecule has 1 amide bonds. The summed E-state index contributed by atoms with van der Waals surface area (Å²) in [5, 5.41) is 1.01. The van der Waals surface area contributed by atoms with E-state index in [1.165, 1.54) is 11.5 Å². The largest absolute Gasteiger partial charge is 0.343 e. The molecule has 128 valence electrons. The first-order valence-corrected chi connectivity index (χ1v) is 9.38. The van der Waals surface area contributed by atoms with Crippen molar-refractivity contribution < 1.29 is 4.79 Å². The van der Waals surface area contributed by atoms with Crippen molar-refractivity contribution in [2.24, 2.45) is 5.92 Å². The Balaban J connectivity index is 1.54. The van der Waals surface area contributed by atoms with E-state index in [0.29, 0.717) is 11.8 Å². The van der Waals surface area contributed by atoms with Crippen molar-refractivity contribution in [1.29, 1.82) is 0 Å².